The number of hydrogen-bond donors (Lipinski definition) is 1. The third-order valence-electron chi connectivity index (χ3n) is 4.28. The molecular formula is C20H27N3O2S. The highest BCUT2D eigenvalue weighted by molar-refractivity contribution is 7.09. The zero-order valence-corrected chi connectivity index (χ0v) is 16.7. The molecule has 3 rings (SSSR count). The molecule has 5 nitrogen and oxygen atoms in total. The number of anilines is 2. The largest absolute Gasteiger partial charge is 0.372 e. The molecule has 140 valence electrons. The molecule has 1 amide bonds. The highest BCUT2D eigenvalue weighted by Crippen LogP contribution is 2.23. The third-order valence-corrected chi connectivity index (χ3v) is 5.15. The Balaban J connectivity index is 1.62. The van der Waals surface area contributed by atoms with Crippen LogP contribution >= 0.6 is 11.3 Å². The first kappa shape index (κ1) is 18.9. The van der Waals surface area contributed by atoms with Crippen molar-refractivity contribution < 1.29 is 9.53 Å². The molecule has 6 heteroatoms. The summed E-state index contributed by atoms with van der Waals surface area (Å²) in [5.41, 5.74) is 2.43. The van der Waals surface area contributed by atoms with Gasteiger partial charge in [-0.2, -0.15) is 0 Å². The smallest absolute Gasteiger partial charge is 0.275 e. The summed E-state index contributed by atoms with van der Waals surface area (Å²) in [4.78, 5) is 19.2. The molecule has 1 aromatic heterocycles. The van der Waals surface area contributed by atoms with Crippen LogP contribution in [0.3, 0.4) is 0 Å². The second-order valence-corrected chi connectivity index (χ2v) is 8.33. The Kier molecular flexibility index (Phi) is 5.94. The van der Waals surface area contributed by atoms with E-state index in [0.717, 1.165) is 35.9 Å². The number of amides is 1. The molecule has 1 N–H and O–H groups in total. The Labute approximate surface area is 159 Å². The van der Waals surface area contributed by atoms with E-state index < -0.39 is 0 Å². The van der Waals surface area contributed by atoms with Crippen molar-refractivity contribution in [2.24, 2.45) is 5.92 Å². The molecule has 1 aliphatic heterocycles. The summed E-state index contributed by atoms with van der Waals surface area (Å²) in [6.07, 6.45) is 1.36. The first-order valence-electron chi connectivity index (χ1n) is 9.17. The highest BCUT2D eigenvalue weighted by atomic mass is 32.1. The predicted octanol–water partition coefficient (Wildman–Crippen LogP) is 4.21. The molecule has 1 saturated heterocycles. The number of carbonyl (C=O) groups is 1. The van der Waals surface area contributed by atoms with Gasteiger partial charge in [0.2, 0.25) is 0 Å². The second-order valence-electron chi connectivity index (χ2n) is 7.39. The normalized spacial score (nSPS) is 20.4. The Morgan fingerprint density at radius 3 is 2.54 bits per heavy atom. The van der Waals surface area contributed by atoms with Crippen LogP contribution in [-0.4, -0.2) is 36.2 Å². The highest BCUT2D eigenvalue weighted by Gasteiger charge is 2.22. The van der Waals surface area contributed by atoms with E-state index in [0.29, 0.717) is 11.6 Å². The first-order valence-corrected chi connectivity index (χ1v) is 10.0. The van der Waals surface area contributed by atoms with Gasteiger partial charge in [-0.05, 0) is 44.0 Å². The van der Waals surface area contributed by atoms with Gasteiger partial charge in [-0.15, -0.1) is 11.3 Å². The lowest BCUT2D eigenvalue weighted by molar-refractivity contribution is -0.00521. The Bertz CT molecular complexity index is 732. The molecule has 0 aliphatic carbocycles. The first-order chi connectivity index (χ1) is 12.4. The summed E-state index contributed by atoms with van der Waals surface area (Å²) in [5.74, 6) is 0.382. The van der Waals surface area contributed by atoms with Crippen molar-refractivity contribution in [3.8, 4) is 0 Å². The number of ether oxygens (including phenoxy) is 1. The molecular weight excluding hydrogens is 346 g/mol. The van der Waals surface area contributed by atoms with E-state index in [-0.39, 0.29) is 18.1 Å². The lowest BCUT2D eigenvalue weighted by Gasteiger charge is -2.36. The van der Waals surface area contributed by atoms with Crippen LogP contribution in [0.5, 0.6) is 0 Å². The number of carbonyl (C=O) groups excluding carboxylic acids is 1. The second kappa shape index (κ2) is 8.18. The molecule has 2 atom stereocenters. The van der Waals surface area contributed by atoms with E-state index in [4.69, 9.17) is 4.74 Å². The molecule has 0 radical (unpaired) electrons. The van der Waals surface area contributed by atoms with Gasteiger partial charge < -0.3 is 15.0 Å². The fourth-order valence-corrected chi connectivity index (χ4v) is 4.19. The Morgan fingerprint density at radius 2 is 1.92 bits per heavy atom. The quantitative estimate of drug-likeness (QED) is 0.853. The lowest BCUT2D eigenvalue weighted by atomic mass is 10.1. The minimum Gasteiger partial charge on any atom is -0.372 e. The van der Waals surface area contributed by atoms with Crippen molar-refractivity contribution in [1.82, 2.24) is 4.98 Å². The molecule has 1 aliphatic rings. The maximum absolute atomic E-state index is 12.4. The molecule has 2 heterocycles. The molecule has 0 spiro atoms. The molecule has 1 aromatic carbocycles. The minimum absolute atomic E-state index is 0.155. The van der Waals surface area contributed by atoms with E-state index >= 15 is 0 Å². The zero-order valence-electron chi connectivity index (χ0n) is 15.9. The summed E-state index contributed by atoms with van der Waals surface area (Å²) in [5, 5.41) is 5.78. The summed E-state index contributed by atoms with van der Waals surface area (Å²) in [7, 11) is 0. The van der Waals surface area contributed by atoms with Gasteiger partial charge >= 0.3 is 0 Å². The van der Waals surface area contributed by atoms with Crippen LogP contribution in [0.2, 0.25) is 0 Å². The Morgan fingerprint density at radius 1 is 1.27 bits per heavy atom. The fourth-order valence-electron chi connectivity index (χ4n) is 3.20. The monoisotopic (exact) mass is 373 g/mol. The van der Waals surface area contributed by atoms with Gasteiger partial charge in [0.05, 0.1) is 17.2 Å². The lowest BCUT2D eigenvalue weighted by Crippen LogP contribution is -2.45. The van der Waals surface area contributed by atoms with Crippen LogP contribution < -0.4 is 10.2 Å². The van der Waals surface area contributed by atoms with Crippen LogP contribution in [0, 0.1) is 5.92 Å². The maximum atomic E-state index is 12.4. The third kappa shape index (κ3) is 4.83. The van der Waals surface area contributed by atoms with Crippen molar-refractivity contribution in [3.05, 3.63) is 40.3 Å². The van der Waals surface area contributed by atoms with Crippen LogP contribution in [0.1, 0.15) is 43.2 Å². The van der Waals surface area contributed by atoms with Crippen LogP contribution in [0.4, 0.5) is 11.4 Å². The van der Waals surface area contributed by atoms with Crippen molar-refractivity contribution in [3.63, 3.8) is 0 Å². The van der Waals surface area contributed by atoms with E-state index in [1.807, 2.05) is 29.6 Å². The van der Waals surface area contributed by atoms with E-state index in [1.165, 1.54) is 0 Å². The SMILES string of the molecule is CC(C)Cc1nc(C(=O)Nc2ccc(N3C[C@@H](C)O[C@@H](C)C3)cc2)cs1. The number of morpholine rings is 1. The average Bonchev–Trinajstić information content (AvgIpc) is 3.02. The summed E-state index contributed by atoms with van der Waals surface area (Å²) in [6.45, 7) is 10.3. The molecule has 0 saturated carbocycles. The number of aromatic nitrogens is 1. The van der Waals surface area contributed by atoms with Crippen LogP contribution in [0.15, 0.2) is 29.6 Å². The molecule has 0 unspecified atom stereocenters. The van der Waals surface area contributed by atoms with Gasteiger partial charge in [0.15, 0.2) is 0 Å². The van der Waals surface area contributed by atoms with Crippen molar-refractivity contribution >= 4 is 28.6 Å². The van der Waals surface area contributed by atoms with Gasteiger partial charge in [-0.1, -0.05) is 13.8 Å². The summed E-state index contributed by atoms with van der Waals surface area (Å²) in [6, 6.07) is 7.98. The maximum Gasteiger partial charge on any atom is 0.275 e. The van der Waals surface area contributed by atoms with Gasteiger partial charge in [0.1, 0.15) is 5.69 Å². The van der Waals surface area contributed by atoms with Crippen molar-refractivity contribution in [2.75, 3.05) is 23.3 Å². The number of rotatable bonds is 5. The van der Waals surface area contributed by atoms with Gasteiger partial charge in [0.25, 0.3) is 5.91 Å². The molecule has 0 bridgehead atoms. The Hall–Kier alpha value is -1.92. The predicted molar refractivity (Wildman–Crippen MR) is 107 cm³/mol. The van der Waals surface area contributed by atoms with E-state index in [1.54, 1.807) is 11.3 Å². The van der Waals surface area contributed by atoms with Crippen molar-refractivity contribution in [2.45, 2.75) is 46.3 Å². The standard InChI is InChI=1S/C20H27N3O2S/c1-13(2)9-19-22-18(12-26-19)20(24)21-16-5-7-17(8-6-16)23-10-14(3)25-15(4)11-23/h5-8,12-15H,9-11H2,1-4H3,(H,21,24)/t14-,15+. The number of benzene rings is 1. The number of nitrogens with one attached hydrogen (secondary N) is 1. The van der Waals surface area contributed by atoms with E-state index in [9.17, 15) is 4.79 Å². The van der Waals surface area contributed by atoms with E-state index in [2.05, 4.69) is 42.9 Å². The number of hydrogen-bond acceptors (Lipinski definition) is 5. The van der Waals surface area contributed by atoms with Gasteiger partial charge in [-0.25, -0.2) is 4.98 Å². The minimum atomic E-state index is -0.155. The van der Waals surface area contributed by atoms with Crippen LogP contribution in [0.25, 0.3) is 0 Å². The molecule has 26 heavy (non-hydrogen) atoms. The summed E-state index contributed by atoms with van der Waals surface area (Å²) < 4.78 is 5.78. The molecule has 2 aromatic rings. The van der Waals surface area contributed by atoms with Gasteiger partial charge in [-0.3, -0.25) is 4.79 Å². The van der Waals surface area contributed by atoms with Crippen LogP contribution in [-0.2, 0) is 11.2 Å². The van der Waals surface area contributed by atoms with Gasteiger partial charge in [0, 0.05) is 36.3 Å². The zero-order chi connectivity index (χ0) is 18.7. The molecule has 1 fully saturated rings. The van der Waals surface area contributed by atoms with Crippen molar-refractivity contribution in [1.29, 1.82) is 0 Å². The fraction of sp³-hybridized carbons (Fsp3) is 0.500. The average molecular weight is 374 g/mol. The number of thiazole rings is 1. The number of nitrogens with zero attached hydrogens (tertiary/aromatic N) is 2. The topological polar surface area (TPSA) is 54.5 Å². The summed E-state index contributed by atoms with van der Waals surface area (Å²) >= 11 is 1.55.